The molecule has 118 valence electrons. The van der Waals surface area contributed by atoms with Gasteiger partial charge in [-0.25, -0.2) is 0 Å². The molecule has 1 N–H and O–H groups in total. The van der Waals surface area contributed by atoms with Crippen molar-refractivity contribution in [3.05, 3.63) is 58.8 Å². The third-order valence-corrected chi connectivity index (χ3v) is 4.10. The molecule has 0 aliphatic rings. The van der Waals surface area contributed by atoms with Crippen LogP contribution in [0.2, 0.25) is 0 Å². The number of fused-ring (bicyclic) bond motifs is 1. The van der Waals surface area contributed by atoms with E-state index in [0.717, 1.165) is 22.0 Å². The fourth-order valence-corrected chi connectivity index (χ4v) is 2.73. The maximum Gasteiger partial charge on any atom is 0.209 e. The van der Waals surface area contributed by atoms with Crippen LogP contribution in [0.25, 0.3) is 10.9 Å². The van der Waals surface area contributed by atoms with Crippen molar-refractivity contribution in [1.29, 1.82) is 0 Å². The molecule has 0 aliphatic carbocycles. The number of ketones is 1. The van der Waals surface area contributed by atoms with Gasteiger partial charge in [-0.15, -0.1) is 0 Å². The molecular weight excluding hydrogens is 290 g/mol. The molecule has 0 fully saturated rings. The first-order valence-electron chi connectivity index (χ1n) is 7.40. The number of nitrogens with one attached hydrogen (secondary N) is 1. The molecule has 3 aromatic rings. The van der Waals surface area contributed by atoms with Crippen molar-refractivity contribution in [2.45, 2.75) is 13.8 Å². The lowest BCUT2D eigenvalue weighted by Gasteiger charge is -2.07. The second kappa shape index (κ2) is 5.80. The third-order valence-electron chi connectivity index (χ3n) is 4.10. The minimum Gasteiger partial charge on any atom is -0.493 e. The highest BCUT2D eigenvalue weighted by Gasteiger charge is 2.18. The maximum atomic E-state index is 12.8. The summed E-state index contributed by atoms with van der Waals surface area (Å²) in [5, 5.41) is 0.957. The Morgan fingerprint density at radius 1 is 0.957 bits per heavy atom. The van der Waals surface area contributed by atoms with Gasteiger partial charge < -0.3 is 14.5 Å². The van der Waals surface area contributed by atoms with Gasteiger partial charge in [-0.05, 0) is 25.5 Å². The highest BCUT2D eigenvalue weighted by molar-refractivity contribution is 6.12. The summed E-state index contributed by atoms with van der Waals surface area (Å²) in [5.41, 5.74) is 4.16. The largest absolute Gasteiger partial charge is 0.493 e. The second-order valence-corrected chi connectivity index (χ2v) is 5.57. The molecule has 0 atom stereocenters. The summed E-state index contributed by atoms with van der Waals surface area (Å²) >= 11 is 0. The zero-order valence-corrected chi connectivity index (χ0v) is 13.7. The van der Waals surface area contributed by atoms with E-state index in [1.807, 2.05) is 50.2 Å². The number of aromatic nitrogens is 1. The van der Waals surface area contributed by atoms with E-state index in [-0.39, 0.29) is 5.78 Å². The number of rotatable bonds is 4. The van der Waals surface area contributed by atoms with Gasteiger partial charge in [-0.2, -0.15) is 0 Å². The van der Waals surface area contributed by atoms with Crippen molar-refractivity contribution in [2.75, 3.05) is 14.2 Å². The Kier molecular flexibility index (Phi) is 3.82. The van der Waals surface area contributed by atoms with Crippen molar-refractivity contribution in [3.8, 4) is 11.5 Å². The van der Waals surface area contributed by atoms with Crippen LogP contribution < -0.4 is 9.47 Å². The Balaban J connectivity index is 2.13. The molecular formula is C19H19NO3. The van der Waals surface area contributed by atoms with Crippen molar-refractivity contribution in [2.24, 2.45) is 0 Å². The SMILES string of the molecule is COc1cc2[nH]c(C(=O)c3ccc(C)cc3)c(C)c2cc1OC. The molecule has 1 aromatic heterocycles. The van der Waals surface area contributed by atoms with E-state index >= 15 is 0 Å². The standard InChI is InChI=1S/C19H19NO3/c1-11-5-7-13(8-6-11)19(21)18-12(2)14-9-16(22-3)17(23-4)10-15(14)20-18/h5-10,20H,1-4H3. The van der Waals surface area contributed by atoms with Gasteiger partial charge in [-0.3, -0.25) is 4.79 Å². The smallest absolute Gasteiger partial charge is 0.209 e. The number of hydrogen-bond acceptors (Lipinski definition) is 3. The first-order valence-corrected chi connectivity index (χ1v) is 7.40. The first-order chi connectivity index (χ1) is 11.0. The topological polar surface area (TPSA) is 51.3 Å². The lowest BCUT2D eigenvalue weighted by Crippen LogP contribution is -2.03. The molecule has 23 heavy (non-hydrogen) atoms. The van der Waals surface area contributed by atoms with E-state index in [1.165, 1.54) is 0 Å². The molecule has 0 saturated carbocycles. The number of ether oxygens (including phenoxy) is 2. The first kappa shape index (κ1) is 15.2. The van der Waals surface area contributed by atoms with Gasteiger partial charge >= 0.3 is 0 Å². The van der Waals surface area contributed by atoms with E-state index in [4.69, 9.17) is 9.47 Å². The molecule has 3 rings (SSSR count). The lowest BCUT2D eigenvalue weighted by molar-refractivity contribution is 0.103. The minimum absolute atomic E-state index is 0.0170. The van der Waals surface area contributed by atoms with Crippen LogP contribution in [0.5, 0.6) is 11.5 Å². The van der Waals surface area contributed by atoms with Crippen LogP contribution in [-0.2, 0) is 0 Å². The number of carbonyl (C=O) groups is 1. The molecule has 0 spiro atoms. The van der Waals surface area contributed by atoms with Gasteiger partial charge in [0.25, 0.3) is 0 Å². The normalized spacial score (nSPS) is 10.8. The number of aromatic amines is 1. The van der Waals surface area contributed by atoms with Crippen LogP contribution in [0.4, 0.5) is 0 Å². The summed E-state index contributed by atoms with van der Waals surface area (Å²) < 4.78 is 10.7. The Morgan fingerprint density at radius 2 is 1.57 bits per heavy atom. The minimum atomic E-state index is -0.0170. The number of benzene rings is 2. The van der Waals surface area contributed by atoms with Crippen molar-refractivity contribution >= 4 is 16.7 Å². The fourth-order valence-electron chi connectivity index (χ4n) is 2.73. The second-order valence-electron chi connectivity index (χ2n) is 5.57. The number of methoxy groups -OCH3 is 2. The Labute approximate surface area is 135 Å². The van der Waals surface area contributed by atoms with Gasteiger partial charge in [0.1, 0.15) is 0 Å². The van der Waals surface area contributed by atoms with Crippen LogP contribution in [0, 0.1) is 13.8 Å². The van der Waals surface area contributed by atoms with Crippen LogP contribution in [0.1, 0.15) is 27.2 Å². The van der Waals surface area contributed by atoms with E-state index in [0.29, 0.717) is 22.8 Å². The van der Waals surface area contributed by atoms with Crippen molar-refractivity contribution in [1.82, 2.24) is 4.98 Å². The van der Waals surface area contributed by atoms with Crippen LogP contribution in [-0.4, -0.2) is 25.0 Å². The zero-order valence-electron chi connectivity index (χ0n) is 13.7. The molecule has 2 aromatic carbocycles. The molecule has 0 amide bonds. The van der Waals surface area contributed by atoms with Gasteiger partial charge in [0, 0.05) is 17.0 Å². The average molecular weight is 309 g/mol. The summed E-state index contributed by atoms with van der Waals surface area (Å²) in [6.45, 7) is 3.94. The quantitative estimate of drug-likeness (QED) is 0.740. The predicted molar refractivity (Wildman–Crippen MR) is 90.8 cm³/mol. The molecule has 0 unspecified atom stereocenters. The molecule has 1 heterocycles. The molecule has 0 saturated heterocycles. The van der Waals surface area contributed by atoms with Crippen molar-refractivity contribution in [3.63, 3.8) is 0 Å². The number of hydrogen-bond donors (Lipinski definition) is 1. The highest BCUT2D eigenvalue weighted by Crippen LogP contribution is 2.34. The fraction of sp³-hybridized carbons (Fsp3) is 0.211. The number of aryl methyl sites for hydroxylation is 2. The Morgan fingerprint density at radius 3 is 2.17 bits per heavy atom. The number of H-pyrrole nitrogens is 1. The summed E-state index contributed by atoms with van der Waals surface area (Å²) in [4.78, 5) is 16.0. The van der Waals surface area contributed by atoms with E-state index in [1.54, 1.807) is 14.2 Å². The maximum absolute atomic E-state index is 12.8. The Hall–Kier alpha value is -2.75. The predicted octanol–water partition coefficient (Wildman–Crippen LogP) is 4.03. The van der Waals surface area contributed by atoms with Crippen molar-refractivity contribution < 1.29 is 14.3 Å². The zero-order chi connectivity index (χ0) is 16.6. The molecule has 0 bridgehead atoms. The van der Waals surface area contributed by atoms with Crippen LogP contribution in [0.15, 0.2) is 36.4 Å². The summed E-state index contributed by atoms with van der Waals surface area (Å²) in [7, 11) is 3.20. The summed E-state index contributed by atoms with van der Waals surface area (Å²) in [5.74, 6) is 1.27. The van der Waals surface area contributed by atoms with Gasteiger partial charge in [0.15, 0.2) is 11.5 Å². The highest BCUT2D eigenvalue weighted by atomic mass is 16.5. The molecule has 0 radical (unpaired) electrons. The van der Waals surface area contributed by atoms with E-state index in [2.05, 4.69) is 4.98 Å². The molecule has 0 aliphatic heterocycles. The van der Waals surface area contributed by atoms with Crippen LogP contribution in [0.3, 0.4) is 0 Å². The van der Waals surface area contributed by atoms with Gasteiger partial charge in [0.2, 0.25) is 5.78 Å². The van der Waals surface area contributed by atoms with Gasteiger partial charge in [0.05, 0.1) is 25.4 Å². The molecule has 4 nitrogen and oxygen atoms in total. The monoisotopic (exact) mass is 309 g/mol. The Bertz CT molecular complexity index is 876. The molecule has 4 heteroatoms. The van der Waals surface area contributed by atoms with E-state index in [9.17, 15) is 4.79 Å². The van der Waals surface area contributed by atoms with Crippen LogP contribution >= 0.6 is 0 Å². The van der Waals surface area contributed by atoms with E-state index < -0.39 is 0 Å². The average Bonchev–Trinajstić information content (AvgIpc) is 2.89. The lowest BCUT2D eigenvalue weighted by atomic mass is 10.0. The number of carbonyl (C=O) groups excluding carboxylic acids is 1. The van der Waals surface area contributed by atoms with Gasteiger partial charge in [-0.1, -0.05) is 29.8 Å². The third kappa shape index (κ3) is 2.57. The summed E-state index contributed by atoms with van der Waals surface area (Å²) in [6.07, 6.45) is 0. The summed E-state index contributed by atoms with van der Waals surface area (Å²) in [6, 6.07) is 11.3.